The maximum atomic E-state index is 6.07. The van der Waals surface area contributed by atoms with Gasteiger partial charge in [-0.2, -0.15) is 0 Å². The molecular formula is C17H13ClN4O. The van der Waals surface area contributed by atoms with E-state index < -0.39 is 0 Å². The van der Waals surface area contributed by atoms with Crippen molar-refractivity contribution in [2.45, 2.75) is 6.92 Å². The highest BCUT2D eigenvalue weighted by atomic mass is 35.5. The van der Waals surface area contributed by atoms with Crippen LogP contribution >= 0.6 is 11.6 Å². The number of furan rings is 1. The summed E-state index contributed by atoms with van der Waals surface area (Å²) in [5.74, 6) is 2.90. The Morgan fingerprint density at radius 1 is 1.17 bits per heavy atom. The number of hydrogen-bond acceptors (Lipinski definition) is 4. The van der Waals surface area contributed by atoms with Crippen molar-refractivity contribution in [3.05, 3.63) is 65.6 Å². The van der Waals surface area contributed by atoms with Gasteiger partial charge in [0.1, 0.15) is 11.6 Å². The zero-order valence-corrected chi connectivity index (χ0v) is 13.1. The molecular weight excluding hydrogens is 312 g/mol. The minimum atomic E-state index is 0.598. The van der Waals surface area contributed by atoms with E-state index in [1.54, 1.807) is 6.20 Å². The molecule has 4 aromatic rings. The van der Waals surface area contributed by atoms with E-state index in [1.807, 2.05) is 60.0 Å². The van der Waals surface area contributed by atoms with Crippen LogP contribution in [0.4, 0.5) is 11.5 Å². The second-order valence-corrected chi connectivity index (χ2v) is 5.58. The standard InChI is InChI=1S/C17H13ClN4O/c1-11-6-7-14(23-11)15-16(20-13-5-2-4-12(18)10-13)22-9-3-8-19-17(22)21-15/h2-10,20H,1H3. The molecule has 0 radical (unpaired) electrons. The van der Waals surface area contributed by atoms with Gasteiger partial charge in [-0.15, -0.1) is 0 Å². The van der Waals surface area contributed by atoms with E-state index in [0.717, 1.165) is 17.3 Å². The molecule has 0 bridgehead atoms. The molecule has 3 aromatic heterocycles. The fourth-order valence-electron chi connectivity index (χ4n) is 2.44. The van der Waals surface area contributed by atoms with Crippen LogP contribution in [0.2, 0.25) is 5.02 Å². The quantitative estimate of drug-likeness (QED) is 0.593. The highest BCUT2D eigenvalue weighted by Gasteiger charge is 2.17. The summed E-state index contributed by atoms with van der Waals surface area (Å²) in [5.41, 5.74) is 1.57. The van der Waals surface area contributed by atoms with Crippen LogP contribution in [0, 0.1) is 6.92 Å². The zero-order valence-electron chi connectivity index (χ0n) is 12.3. The molecule has 6 heteroatoms. The Labute approximate surface area is 137 Å². The van der Waals surface area contributed by atoms with Gasteiger partial charge < -0.3 is 9.73 Å². The maximum Gasteiger partial charge on any atom is 0.236 e. The fourth-order valence-corrected chi connectivity index (χ4v) is 2.63. The summed E-state index contributed by atoms with van der Waals surface area (Å²) < 4.78 is 7.61. The van der Waals surface area contributed by atoms with Crippen LogP contribution in [-0.4, -0.2) is 14.4 Å². The first-order valence-corrected chi connectivity index (χ1v) is 7.51. The van der Waals surface area contributed by atoms with Crippen molar-refractivity contribution in [1.29, 1.82) is 0 Å². The van der Waals surface area contributed by atoms with E-state index in [-0.39, 0.29) is 0 Å². The topological polar surface area (TPSA) is 55.4 Å². The van der Waals surface area contributed by atoms with Gasteiger partial charge in [-0.25, -0.2) is 9.97 Å². The van der Waals surface area contributed by atoms with Gasteiger partial charge in [-0.1, -0.05) is 17.7 Å². The Kier molecular flexibility index (Phi) is 3.28. The molecule has 0 saturated carbocycles. The predicted molar refractivity (Wildman–Crippen MR) is 90.2 cm³/mol. The molecule has 0 aliphatic rings. The van der Waals surface area contributed by atoms with Gasteiger partial charge in [-0.05, 0) is 43.3 Å². The van der Waals surface area contributed by atoms with Crippen molar-refractivity contribution in [2.75, 3.05) is 5.32 Å². The van der Waals surface area contributed by atoms with Crippen molar-refractivity contribution in [3.63, 3.8) is 0 Å². The summed E-state index contributed by atoms with van der Waals surface area (Å²) in [6.45, 7) is 1.90. The average molecular weight is 325 g/mol. The van der Waals surface area contributed by atoms with Gasteiger partial charge in [0.2, 0.25) is 5.78 Å². The third kappa shape index (κ3) is 2.55. The molecule has 23 heavy (non-hydrogen) atoms. The SMILES string of the molecule is Cc1ccc(-c2nc3ncccn3c2Nc2cccc(Cl)c2)o1. The molecule has 0 fully saturated rings. The van der Waals surface area contributed by atoms with Gasteiger partial charge in [0.25, 0.3) is 0 Å². The number of aromatic nitrogens is 3. The van der Waals surface area contributed by atoms with Crippen LogP contribution in [0.15, 0.2) is 59.3 Å². The molecule has 0 aliphatic carbocycles. The Balaban J connectivity index is 1.89. The molecule has 0 spiro atoms. The molecule has 3 heterocycles. The van der Waals surface area contributed by atoms with Gasteiger partial charge >= 0.3 is 0 Å². The van der Waals surface area contributed by atoms with E-state index in [9.17, 15) is 0 Å². The molecule has 114 valence electrons. The second-order valence-electron chi connectivity index (χ2n) is 5.14. The number of nitrogens with one attached hydrogen (secondary N) is 1. The summed E-state index contributed by atoms with van der Waals surface area (Å²) >= 11 is 6.07. The van der Waals surface area contributed by atoms with Gasteiger partial charge in [0, 0.05) is 23.1 Å². The maximum absolute atomic E-state index is 6.07. The number of anilines is 2. The lowest BCUT2D eigenvalue weighted by Gasteiger charge is -2.08. The van der Waals surface area contributed by atoms with Crippen LogP contribution in [0.3, 0.4) is 0 Å². The van der Waals surface area contributed by atoms with Crippen LogP contribution < -0.4 is 5.32 Å². The third-order valence-corrected chi connectivity index (χ3v) is 3.70. The number of rotatable bonds is 3. The molecule has 0 atom stereocenters. The zero-order chi connectivity index (χ0) is 15.8. The van der Waals surface area contributed by atoms with Crippen molar-refractivity contribution in [3.8, 4) is 11.5 Å². The Morgan fingerprint density at radius 3 is 2.87 bits per heavy atom. The van der Waals surface area contributed by atoms with Gasteiger partial charge in [0.05, 0.1) is 0 Å². The Morgan fingerprint density at radius 2 is 2.09 bits per heavy atom. The normalized spacial score (nSPS) is 11.0. The Hall–Kier alpha value is -2.79. The predicted octanol–water partition coefficient (Wildman–Crippen LogP) is 4.69. The van der Waals surface area contributed by atoms with Crippen LogP contribution in [0.5, 0.6) is 0 Å². The summed E-state index contributed by atoms with van der Waals surface area (Å²) in [6, 6.07) is 13.2. The number of halogens is 1. The monoisotopic (exact) mass is 324 g/mol. The largest absolute Gasteiger partial charge is 0.460 e. The molecule has 0 unspecified atom stereocenters. The summed E-state index contributed by atoms with van der Waals surface area (Å²) in [6.07, 6.45) is 3.62. The molecule has 0 aliphatic heterocycles. The van der Waals surface area contributed by atoms with Crippen molar-refractivity contribution in [2.24, 2.45) is 0 Å². The van der Waals surface area contributed by atoms with E-state index in [4.69, 9.17) is 16.0 Å². The molecule has 1 aromatic carbocycles. The first-order chi connectivity index (χ1) is 11.2. The van der Waals surface area contributed by atoms with Crippen molar-refractivity contribution >= 4 is 28.9 Å². The van der Waals surface area contributed by atoms with Crippen LogP contribution in [0.25, 0.3) is 17.2 Å². The Bertz CT molecular complexity index is 989. The molecule has 1 N–H and O–H groups in total. The van der Waals surface area contributed by atoms with Gasteiger partial charge in [0.15, 0.2) is 11.5 Å². The summed E-state index contributed by atoms with van der Waals surface area (Å²) in [4.78, 5) is 8.88. The first-order valence-electron chi connectivity index (χ1n) is 7.13. The number of nitrogens with zero attached hydrogens (tertiary/aromatic N) is 3. The molecule has 0 saturated heterocycles. The number of imidazole rings is 1. The van der Waals surface area contributed by atoms with Crippen LogP contribution in [0.1, 0.15) is 5.76 Å². The smallest absolute Gasteiger partial charge is 0.236 e. The van der Waals surface area contributed by atoms with E-state index in [0.29, 0.717) is 22.3 Å². The highest BCUT2D eigenvalue weighted by Crippen LogP contribution is 2.32. The molecule has 4 rings (SSSR count). The number of hydrogen-bond donors (Lipinski definition) is 1. The number of aryl methyl sites for hydroxylation is 1. The average Bonchev–Trinajstić information content (AvgIpc) is 3.12. The van der Waals surface area contributed by atoms with Crippen molar-refractivity contribution < 1.29 is 4.42 Å². The summed E-state index contributed by atoms with van der Waals surface area (Å²) in [5, 5.41) is 4.02. The lowest BCUT2D eigenvalue weighted by molar-refractivity contribution is 0.547. The van der Waals surface area contributed by atoms with E-state index >= 15 is 0 Å². The number of benzene rings is 1. The van der Waals surface area contributed by atoms with E-state index in [2.05, 4.69) is 15.3 Å². The van der Waals surface area contributed by atoms with Crippen molar-refractivity contribution in [1.82, 2.24) is 14.4 Å². The molecule has 5 nitrogen and oxygen atoms in total. The minimum absolute atomic E-state index is 0.598. The third-order valence-electron chi connectivity index (χ3n) is 3.46. The van der Waals surface area contributed by atoms with E-state index in [1.165, 1.54) is 0 Å². The van der Waals surface area contributed by atoms with Gasteiger partial charge in [-0.3, -0.25) is 4.40 Å². The summed E-state index contributed by atoms with van der Waals surface area (Å²) in [7, 11) is 0. The number of fused-ring (bicyclic) bond motifs is 1. The molecule has 0 amide bonds. The lowest BCUT2D eigenvalue weighted by Crippen LogP contribution is -1.97. The van der Waals surface area contributed by atoms with Crippen LogP contribution in [-0.2, 0) is 0 Å². The minimum Gasteiger partial charge on any atom is -0.460 e. The second kappa shape index (κ2) is 5.44. The highest BCUT2D eigenvalue weighted by molar-refractivity contribution is 6.30. The fraction of sp³-hybridized carbons (Fsp3) is 0.0588. The first kappa shape index (κ1) is 13.8. The lowest BCUT2D eigenvalue weighted by atomic mass is 10.3.